The molecule has 2 aromatic carbocycles. The Labute approximate surface area is 246 Å². The van der Waals surface area contributed by atoms with Gasteiger partial charge in [-0.1, -0.05) is 36.8 Å². The first-order valence-electron chi connectivity index (χ1n) is 14.2. The number of phenolic OH excluding ortho intramolecular Hbond substituents is 1. The summed E-state index contributed by atoms with van der Waals surface area (Å²) in [5, 5.41) is 32.2. The molecule has 3 amide bonds. The molecule has 4 atom stereocenters. The highest BCUT2D eigenvalue weighted by Crippen LogP contribution is 2.46. The van der Waals surface area contributed by atoms with Crippen LogP contribution in [0.3, 0.4) is 0 Å². The lowest BCUT2D eigenvalue weighted by Gasteiger charge is -2.36. The van der Waals surface area contributed by atoms with Gasteiger partial charge in [-0.05, 0) is 91.6 Å². The van der Waals surface area contributed by atoms with E-state index in [9.17, 15) is 29.7 Å². The second kappa shape index (κ2) is 13.4. The predicted octanol–water partition coefficient (Wildman–Crippen LogP) is 4.70. The van der Waals surface area contributed by atoms with Gasteiger partial charge in [0.1, 0.15) is 18.1 Å². The van der Waals surface area contributed by atoms with E-state index in [2.05, 4.69) is 4.74 Å². The third-order valence-electron chi connectivity index (χ3n) is 8.33. The lowest BCUT2D eigenvalue weighted by molar-refractivity contribution is -0.137. The Hall–Kier alpha value is -3.95. The van der Waals surface area contributed by atoms with E-state index in [0.29, 0.717) is 34.6 Å². The number of aryl methyl sites for hydroxylation is 2. The highest BCUT2D eigenvalue weighted by atomic mass is 16.5. The van der Waals surface area contributed by atoms with Crippen molar-refractivity contribution in [2.75, 3.05) is 20.3 Å². The van der Waals surface area contributed by atoms with Crippen LogP contribution in [0.4, 0.5) is 4.79 Å². The molecule has 0 unspecified atom stereocenters. The molecule has 0 saturated carbocycles. The number of allylic oxidation sites excluding steroid dienone is 1. The van der Waals surface area contributed by atoms with Crippen molar-refractivity contribution in [2.45, 2.75) is 52.6 Å². The average molecular weight is 578 g/mol. The number of imide groups is 3. The van der Waals surface area contributed by atoms with Gasteiger partial charge in [-0.25, -0.2) is 4.79 Å². The van der Waals surface area contributed by atoms with E-state index in [0.717, 1.165) is 35.8 Å². The first-order chi connectivity index (χ1) is 20.1. The number of carbonyl (C=O) groups is 3. The largest absolute Gasteiger partial charge is 0.507 e. The van der Waals surface area contributed by atoms with Gasteiger partial charge in [0.15, 0.2) is 0 Å². The van der Waals surface area contributed by atoms with Crippen LogP contribution in [-0.2, 0) is 14.3 Å². The van der Waals surface area contributed by atoms with Gasteiger partial charge in [0, 0.05) is 5.92 Å². The monoisotopic (exact) mass is 577 g/mol. The third-order valence-corrected chi connectivity index (χ3v) is 8.33. The fraction of sp³-hybridized carbons (Fsp3) is 0.424. The molecule has 9 heteroatoms. The number of aliphatic hydroxyl groups is 2. The standard InChI is InChI=1S/C33H39NO8/c1-5-21(15-22-13-19(2)30(37)20(3)14-22)11-12-27(36)28-23(18-42-24-9-7-6-8-10-24)16-25-29(26(28)17-35)32(39)34(31(25)38)33(40)41-4/h6-10,13-15,25-27,29,35-37H,5,11-12,16-18H2,1-4H3/b21-15+/t25-,26+,27-,29-/m1/s1. The molecule has 0 bridgehead atoms. The normalized spacial score (nSPS) is 21.4. The molecule has 1 fully saturated rings. The number of likely N-dealkylation sites (tertiary alicyclic amines) is 1. The molecular formula is C33H39NO8. The maximum Gasteiger partial charge on any atom is 0.423 e. The number of rotatable bonds is 10. The zero-order chi connectivity index (χ0) is 30.6. The Morgan fingerprint density at radius 1 is 1.12 bits per heavy atom. The van der Waals surface area contributed by atoms with Crippen molar-refractivity contribution in [3.05, 3.63) is 75.9 Å². The Balaban J connectivity index is 1.64. The average Bonchev–Trinajstić information content (AvgIpc) is 3.24. The smallest absolute Gasteiger partial charge is 0.423 e. The number of methoxy groups -OCH3 is 1. The van der Waals surface area contributed by atoms with Gasteiger partial charge in [-0.15, -0.1) is 0 Å². The van der Waals surface area contributed by atoms with E-state index in [1.807, 2.05) is 57.2 Å². The lowest BCUT2D eigenvalue weighted by Crippen LogP contribution is -2.40. The molecule has 3 N–H and O–H groups in total. The van der Waals surface area contributed by atoms with Gasteiger partial charge in [0.2, 0.25) is 11.8 Å². The summed E-state index contributed by atoms with van der Waals surface area (Å²) in [5.41, 5.74) is 4.71. The topological polar surface area (TPSA) is 134 Å². The molecule has 0 aromatic heterocycles. The van der Waals surface area contributed by atoms with Gasteiger partial charge >= 0.3 is 6.09 Å². The SMILES string of the molecule is CC/C(=C\c1cc(C)c(O)c(C)c1)CC[C@@H](O)C1=C(COc2ccccc2)C[C@H]2C(=O)N(C(=O)OC)C(=O)[C@H]2[C@H]1CO. The number of phenols is 1. The van der Waals surface area contributed by atoms with Crippen LogP contribution >= 0.6 is 0 Å². The van der Waals surface area contributed by atoms with E-state index in [4.69, 9.17) is 4.74 Å². The molecule has 2 aromatic rings. The van der Waals surface area contributed by atoms with Crippen molar-refractivity contribution in [2.24, 2.45) is 17.8 Å². The van der Waals surface area contributed by atoms with Crippen LogP contribution in [0.15, 0.2) is 59.2 Å². The van der Waals surface area contributed by atoms with Gasteiger partial charge in [-0.2, -0.15) is 4.90 Å². The summed E-state index contributed by atoms with van der Waals surface area (Å²) >= 11 is 0. The number of ether oxygens (including phenoxy) is 2. The Kier molecular flexibility index (Phi) is 9.85. The number of hydrogen-bond donors (Lipinski definition) is 3. The Morgan fingerprint density at radius 2 is 1.79 bits per heavy atom. The first-order valence-corrected chi connectivity index (χ1v) is 14.2. The molecular weight excluding hydrogens is 538 g/mol. The number of amides is 3. The van der Waals surface area contributed by atoms with E-state index in [1.165, 1.54) is 0 Å². The number of fused-ring (bicyclic) bond motifs is 1. The highest BCUT2D eigenvalue weighted by Gasteiger charge is 2.57. The summed E-state index contributed by atoms with van der Waals surface area (Å²) in [6.45, 7) is 5.30. The molecule has 224 valence electrons. The summed E-state index contributed by atoms with van der Waals surface area (Å²) in [7, 11) is 1.10. The molecule has 0 spiro atoms. The molecule has 0 radical (unpaired) electrons. The molecule has 1 aliphatic carbocycles. The van der Waals surface area contributed by atoms with E-state index in [-0.39, 0.29) is 18.8 Å². The molecule has 1 saturated heterocycles. The number of carbonyl (C=O) groups excluding carboxylic acids is 3. The number of aliphatic hydroxyl groups excluding tert-OH is 2. The minimum atomic E-state index is -1.06. The second-order valence-corrected chi connectivity index (χ2v) is 11.0. The lowest BCUT2D eigenvalue weighted by atomic mass is 9.68. The van der Waals surface area contributed by atoms with Crippen molar-refractivity contribution >= 4 is 24.0 Å². The van der Waals surface area contributed by atoms with Gasteiger partial charge in [0.05, 0.1) is 31.7 Å². The minimum absolute atomic E-state index is 0.0539. The van der Waals surface area contributed by atoms with Crippen molar-refractivity contribution in [1.29, 1.82) is 0 Å². The van der Waals surface area contributed by atoms with Gasteiger partial charge < -0.3 is 24.8 Å². The molecule has 4 rings (SSSR count). The van der Waals surface area contributed by atoms with Crippen LogP contribution in [0.2, 0.25) is 0 Å². The Morgan fingerprint density at radius 3 is 2.38 bits per heavy atom. The molecule has 9 nitrogen and oxygen atoms in total. The first kappa shape index (κ1) is 31.0. The fourth-order valence-electron chi connectivity index (χ4n) is 6.19. The van der Waals surface area contributed by atoms with Crippen LogP contribution < -0.4 is 4.74 Å². The van der Waals surface area contributed by atoms with E-state index >= 15 is 0 Å². The van der Waals surface area contributed by atoms with Gasteiger partial charge in [-0.3, -0.25) is 9.59 Å². The van der Waals surface area contributed by atoms with Crippen LogP contribution in [0.1, 0.15) is 49.3 Å². The summed E-state index contributed by atoms with van der Waals surface area (Å²) in [5.74, 6) is -3.25. The summed E-state index contributed by atoms with van der Waals surface area (Å²) in [6, 6.07) is 12.9. The van der Waals surface area contributed by atoms with Crippen molar-refractivity contribution in [3.8, 4) is 11.5 Å². The Bertz CT molecular complexity index is 1370. The van der Waals surface area contributed by atoms with E-state index in [1.54, 1.807) is 12.1 Å². The van der Waals surface area contributed by atoms with Crippen molar-refractivity contribution in [3.63, 3.8) is 0 Å². The number of benzene rings is 2. The highest BCUT2D eigenvalue weighted by molar-refractivity contribution is 6.16. The predicted molar refractivity (Wildman–Crippen MR) is 156 cm³/mol. The zero-order valence-electron chi connectivity index (χ0n) is 24.5. The summed E-state index contributed by atoms with van der Waals surface area (Å²) in [6.07, 6.45) is 1.68. The number of hydrogen-bond acceptors (Lipinski definition) is 8. The van der Waals surface area contributed by atoms with Crippen LogP contribution in [0.5, 0.6) is 11.5 Å². The summed E-state index contributed by atoms with van der Waals surface area (Å²) < 4.78 is 10.7. The number of aromatic hydroxyl groups is 1. The maximum absolute atomic E-state index is 13.3. The molecule has 1 heterocycles. The van der Waals surface area contributed by atoms with Crippen LogP contribution in [0, 0.1) is 31.6 Å². The molecule has 42 heavy (non-hydrogen) atoms. The second-order valence-electron chi connectivity index (χ2n) is 11.0. The molecule has 2 aliphatic rings. The fourth-order valence-corrected chi connectivity index (χ4v) is 6.19. The minimum Gasteiger partial charge on any atom is -0.507 e. The quantitative estimate of drug-likeness (QED) is 0.273. The van der Waals surface area contributed by atoms with Gasteiger partial charge in [0.25, 0.3) is 0 Å². The molecule has 1 aliphatic heterocycles. The van der Waals surface area contributed by atoms with Crippen LogP contribution in [-0.4, -0.2) is 64.6 Å². The van der Waals surface area contributed by atoms with E-state index < -0.39 is 48.4 Å². The van der Waals surface area contributed by atoms with Crippen molar-refractivity contribution in [1.82, 2.24) is 4.90 Å². The number of para-hydroxylation sites is 1. The number of nitrogens with zero attached hydrogens (tertiary/aromatic N) is 1. The third kappa shape index (κ3) is 6.27. The summed E-state index contributed by atoms with van der Waals surface area (Å²) in [4.78, 5) is 39.3. The van der Waals surface area contributed by atoms with Crippen molar-refractivity contribution < 1.29 is 39.2 Å². The van der Waals surface area contributed by atoms with Crippen LogP contribution in [0.25, 0.3) is 6.08 Å². The maximum atomic E-state index is 13.3. The zero-order valence-corrected chi connectivity index (χ0v) is 24.5.